The third kappa shape index (κ3) is 2.42. The molecule has 0 aliphatic heterocycles. The monoisotopic (exact) mass is 267 g/mol. The molecular weight excluding hydrogens is 254 g/mol. The summed E-state index contributed by atoms with van der Waals surface area (Å²) < 4.78 is 2.14. The van der Waals surface area contributed by atoms with E-state index >= 15 is 0 Å². The highest BCUT2D eigenvalue weighted by Crippen LogP contribution is 2.28. The van der Waals surface area contributed by atoms with Gasteiger partial charge in [0.1, 0.15) is 0 Å². The largest absolute Gasteiger partial charge is 0.323 e. The first-order chi connectivity index (χ1) is 9.24. The standard InChI is InChI=1S/C17H14ClN/c1-13-4-9-16(14-5-7-15(18)8-6-14)17(12-13)19-10-2-3-11-19/h2-12H,1H3. The average Bonchev–Trinajstić information content (AvgIpc) is 2.94. The Morgan fingerprint density at radius 1 is 0.895 bits per heavy atom. The molecule has 0 spiro atoms. The van der Waals surface area contributed by atoms with Crippen molar-refractivity contribution < 1.29 is 0 Å². The molecule has 0 atom stereocenters. The Hall–Kier alpha value is -1.99. The highest BCUT2D eigenvalue weighted by molar-refractivity contribution is 6.30. The van der Waals surface area contributed by atoms with E-state index in [-0.39, 0.29) is 0 Å². The van der Waals surface area contributed by atoms with Gasteiger partial charge in [-0.05, 0) is 48.4 Å². The number of hydrogen-bond donors (Lipinski definition) is 0. The molecule has 3 rings (SSSR count). The quantitative estimate of drug-likeness (QED) is 0.608. The van der Waals surface area contributed by atoms with Gasteiger partial charge in [-0.3, -0.25) is 0 Å². The van der Waals surface area contributed by atoms with Crippen LogP contribution in [-0.2, 0) is 0 Å². The minimum absolute atomic E-state index is 0.762. The van der Waals surface area contributed by atoms with Gasteiger partial charge in [0.25, 0.3) is 0 Å². The summed E-state index contributed by atoms with van der Waals surface area (Å²) in [4.78, 5) is 0. The van der Waals surface area contributed by atoms with E-state index in [9.17, 15) is 0 Å². The second-order valence-corrected chi connectivity index (χ2v) is 5.05. The molecule has 1 aromatic heterocycles. The number of aryl methyl sites for hydroxylation is 1. The van der Waals surface area contributed by atoms with Crippen LogP contribution in [0.1, 0.15) is 5.56 Å². The van der Waals surface area contributed by atoms with Crippen LogP contribution in [0.3, 0.4) is 0 Å². The topological polar surface area (TPSA) is 4.93 Å². The number of aromatic nitrogens is 1. The molecule has 1 nitrogen and oxygen atoms in total. The number of rotatable bonds is 2. The Balaban J connectivity index is 2.18. The van der Waals surface area contributed by atoms with E-state index in [2.05, 4.69) is 54.2 Å². The third-order valence-corrected chi connectivity index (χ3v) is 3.44. The van der Waals surface area contributed by atoms with Crippen LogP contribution in [-0.4, -0.2) is 4.57 Å². The van der Waals surface area contributed by atoms with Crippen molar-refractivity contribution in [3.8, 4) is 16.8 Å². The maximum atomic E-state index is 5.96. The van der Waals surface area contributed by atoms with Crippen LogP contribution in [0.5, 0.6) is 0 Å². The summed E-state index contributed by atoms with van der Waals surface area (Å²) in [6.07, 6.45) is 4.13. The van der Waals surface area contributed by atoms with E-state index in [1.165, 1.54) is 22.4 Å². The fourth-order valence-electron chi connectivity index (χ4n) is 2.22. The van der Waals surface area contributed by atoms with E-state index < -0.39 is 0 Å². The van der Waals surface area contributed by atoms with Crippen molar-refractivity contribution in [2.45, 2.75) is 6.92 Å². The van der Waals surface area contributed by atoms with Gasteiger partial charge in [0, 0.05) is 23.0 Å². The first-order valence-electron chi connectivity index (χ1n) is 6.24. The summed E-state index contributed by atoms with van der Waals surface area (Å²) in [6.45, 7) is 2.11. The van der Waals surface area contributed by atoms with Crippen molar-refractivity contribution in [3.05, 3.63) is 77.6 Å². The van der Waals surface area contributed by atoms with Crippen molar-refractivity contribution in [1.82, 2.24) is 4.57 Å². The van der Waals surface area contributed by atoms with Gasteiger partial charge >= 0.3 is 0 Å². The molecule has 3 aromatic rings. The van der Waals surface area contributed by atoms with Gasteiger partial charge in [0.05, 0.1) is 5.69 Å². The van der Waals surface area contributed by atoms with E-state index in [0.717, 1.165) is 5.02 Å². The number of halogens is 1. The van der Waals surface area contributed by atoms with E-state index in [4.69, 9.17) is 11.6 Å². The molecular formula is C17H14ClN. The fraction of sp³-hybridized carbons (Fsp3) is 0.0588. The lowest BCUT2D eigenvalue weighted by Gasteiger charge is -2.12. The lowest BCUT2D eigenvalue weighted by Crippen LogP contribution is -1.94. The SMILES string of the molecule is Cc1ccc(-c2ccc(Cl)cc2)c(-n2cccc2)c1. The van der Waals surface area contributed by atoms with Crippen molar-refractivity contribution >= 4 is 11.6 Å². The Morgan fingerprint density at radius 3 is 2.26 bits per heavy atom. The van der Waals surface area contributed by atoms with Crippen LogP contribution in [0.15, 0.2) is 67.0 Å². The molecule has 0 unspecified atom stereocenters. The van der Waals surface area contributed by atoms with Crippen LogP contribution in [0, 0.1) is 6.92 Å². The Labute approximate surface area is 118 Å². The second kappa shape index (κ2) is 4.94. The van der Waals surface area contributed by atoms with Crippen molar-refractivity contribution in [1.29, 1.82) is 0 Å². The highest BCUT2D eigenvalue weighted by atomic mass is 35.5. The minimum atomic E-state index is 0.762. The van der Waals surface area contributed by atoms with Gasteiger partial charge in [-0.15, -0.1) is 0 Å². The fourth-order valence-corrected chi connectivity index (χ4v) is 2.35. The molecule has 0 radical (unpaired) electrons. The first kappa shape index (κ1) is 12.1. The molecule has 0 N–H and O–H groups in total. The third-order valence-electron chi connectivity index (χ3n) is 3.19. The smallest absolute Gasteiger partial charge is 0.0530 e. The molecule has 94 valence electrons. The second-order valence-electron chi connectivity index (χ2n) is 4.62. The van der Waals surface area contributed by atoms with E-state index in [1.807, 2.05) is 24.3 Å². The summed E-state index contributed by atoms with van der Waals surface area (Å²) >= 11 is 5.96. The normalized spacial score (nSPS) is 10.6. The molecule has 0 saturated carbocycles. The lowest BCUT2D eigenvalue weighted by atomic mass is 10.0. The molecule has 2 aromatic carbocycles. The van der Waals surface area contributed by atoms with Crippen LogP contribution in [0.2, 0.25) is 5.02 Å². The van der Waals surface area contributed by atoms with Gasteiger partial charge in [-0.1, -0.05) is 35.9 Å². The van der Waals surface area contributed by atoms with Crippen LogP contribution in [0.4, 0.5) is 0 Å². The van der Waals surface area contributed by atoms with Gasteiger partial charge in [-0.2, -0.15) is 0 Å². The molecule has 0 saturated heterocycles. The van der Waals surface area contributed by atoms with Crippen molar-refractivity contribution in [2.75, 3.05) is 0 Å². The van der Waals surface area contributed by atoms with Crippen LogP contribution in [0.25, 0.3) is 16.8 Å². The summed E-state index contributed by atoms with van der Waals surface area (Å²) in [7, 11) is 0. The first-order valence-corrected chi connectivity index (χ1v) is 6.62. The van der Waals surface area contributed by atoms with Gasteiger partial charge in [0.15, 0.2) is 0 Å². The molecule has 0 bridgehead atoms. The lowest BCUT2D eigenvalue weighted by molar-refractivity contribution is 1.08. The Morgan fingerprint density at radius 2 is 1.58 bits per heavy atom. The van der Waals surface area contributed by atoms with Crippen molar-refractivity contribution in [3.63, 3.8) is 0 Å². The maximum absolute atomic E-state index is 5.96. The Kier molecular flexibility index (Phi) is 3.14. The predicted molar refractivity (Wildman–Crippen MR) is 81.0 cm³/mol. The van der Waals surface area contributed by atoms with Gasteiger partial charge in [-0.25, -0.2) is 0 Å². The number of benzene rings is 2. The summed E-state index contributed by atoms with van der Waals surface area (Å²) in [5.74, 6) is 0. The molecule has 0 amide bonds. The zero-order valence-corrected chi connectivity index (χ0v) is 11.4. The average molecular weight is 268 g/mol. The van der Waals surface area contributed by atoms with Gasteiger partial charge in [0.2, 0.25) is 0 Å². The van der Waals surface area contributed by atoms with Crippen LogP contribution < -0.4 is 0 Å². The molecule has 19 heavy (non-hydrogen) atoms. The summed E-state index contributed by atoms with van der Waals surface area (Å²) in [6, 6.07) is 18.5. The molecule has 0 aliphatic carbocycles. The highest BCUT2D eigenvalue weighted by Gasteiger charge is 2.06. The maximum Gasteiger partial charge on any atom is 0.0530 e. The predicted octanol–water partition coefficient (Wildman–Crippen LogP) is 5.11. The number of hydrogen-bond acceptors (Lipinski definition) is 0. The molecule has 1 heterocycles. The molecule has 2 heteroatoms. The summed E-state index contributed by atoms with van der Waals surface area (Å²) in [5, 5.41) is 0.762. The minimum Gasteiger partial charge on any atom is -0.323 e. The van der Waals surface area contributed by atoms with E-state index in [1.54, 1.807) is 0 Å². The Bertz CT molecular complexity index is 682. The zero-order valence-electron chi connectivity index (χ0n) is 10.7. The van der Waals surface area contributed by atoms with Gasteiger partial charge < -0.3 is 4.57 Å². The molecule has 0 aliphatic rings. The van der Waals surface area contributed by atoms with Crippen molar-refractivity contribution in [2.24, 2.45) is 0 Å². The van der Waals surface area contributed by atoms with Crippen LogP contribution >= 0.6 is 11.6 Å². The zero-order chi connectivity index (χ0) is 13.2. The summed E-state index contributed by atoms with van der Waals surface area (Å²) in [5.41, 5.74) is 4.82. The molecule has 0 fully saturated rings. The number of nitrogens with zero attached hydrogens (tertiary/aromatic N) is 1. The van der Waals surface area contributed by atoms with E-state index in [0.29, 0.717) is 0 Å².